The first kappa shape index (κ1) is 10.3. The number of carbonyl (C=O) groups is 3. The second-order valence-electron chi connectivity index (χ2n) is 2.21. The average Bonchev–Trinajstić information content (AvgIpc) is 1.85. The number of carboxylic acid groups (broad SMARTS) is 2. The molecule has 5 heteroatoms. The molecule has 0 bridgehead atoms. The Morgan fingerprint density at radius 3 is 1.75 bits per heavy atom. The van der Waals surface area contributed by atoms with Crippen LogP contribution in [0.15, 0.2) is 12.2 Å². The minimum atomic E-state index is -1.64. The average molecular weight is 172 g/mol. The van der Waals surface area contributed by atoms with Crippen molar-refractivity contribution in [1.29, 1.82) is 0 Å². The highest BCUT2D eigenvalue weighted by Crippen LogP contribution is 2.10. The fraction of sp³-hybridized carbons (Fsp3) is 0.286. The molecule has 0 aliphatic heterocycles. The van der Waals surface area contributed by atoms with Crippen LogP contribution in [-0.4, -0.2) is 27.9 Å². The van der Waals surface area contributed by atoms with E-state index >= 15 is 0 Å². The maximum absolute atomic E-state index is 10.6. The Balaban J connectivity index is 4.76. The summed E-state index contributed by atoms with van der Waals surface area (Å²) in [7, 11) is 0. The summed E-state index contributed by atoms with van der Waals surface area (Å²) >= 11 is 0. The predicted molar refractivity (Wildman–Crippen MR) is 38.6 cm³/mol. The van der Waals surface area contributed by atoms with Gasteiger partial charge < -0.3 is 10.2 Å². The van der Waals surface area contributed by atoms with E-state index in [-0.39, 0.29) is 0 Å². The van der Waals surface area contributed by atoms with Gasteiger partial charge in [-0.1, -0.05) is 6.58 Å². The fourth-order valence-corrected chi connectivity index (χ4v) is 0.692. The molecular weight excluding hydrogens is 164 g/mol. The highest BCUT2D eigenvalue weighted by atomic mass is 16.4. The van der Waals surface area contributed by atoms with E-state index in [0.29, 0.717) is 0 Å². The molecule has 0 aromatic rings. The monoisotopic (exact) mass is 172 g/mol. The third-order valence-corrected chi connectivity index (χ3v) is 1.28. The number of rotatable bonds is 4. The molecule has 5 nitrogen and oxygen atoms in total. The first-order valence-corrected chi connectivity index (χ1v) is 3.03. The van der Waals surface area contributed by atoms with Gasteiger partial charge in [0, 0.05) is 0 Å². The summed E-state index contributed by atoms with van der Waals surface area (Å²) in [6.45, 7) is 4.00. The Hall–Kier alpha value is -1.65. The number of Topliss-reactive ketones (excluding diaryl/α,β-unsaturated/α-hetero) is 1. The Bertz CT molecular complexity index is 239. The van der Waals surface area contributed by atoms with Crippen LogP contribution in [0.4, 0.5) is 0 Å². The van der Waals surface area contributed by atoms with E-state index in [1.54, 1.807) is 0 Å². The van der Waals surface area contributed by atoms with Gasteiger partial charge in [0.15, 0.2) is 0 Å². The lowest BCUT2D eigenvalue weighted by Gasteiger charge is -2.06. The van der Waals surface area contributed by atoms with Gasteiger partial charge in [-0.3, -0.25) is 9.59 Å². The molecule has 0 fully saturated rings. The Morgan fingerprint density at radius 1 is 1.25 bits per heavy atom. The van der Waals surface area contributed by atoms with E-state index in [4.69, 9.17) is 10.2 Å². The molecule has 2 N–H and O–H groups in total. The molecule has 1 atom stereocenters. The van der Waals surface area contributed by atoms with Crippen molar-refractivity contribution < 1.29 is 24.6 Å². The molecule has 0 aromatic carbocycles. The first-order valence-electron chi connectivity index (χ1n) is 3.03. The smallest absolute Gasteiger partial charge is 0.332 e. The molecule has 0 aromatic heterocycles. The van der Waals surface area contributed by atoms with Crippen LogP contribution in [0.25, 0.3) is 0 Å². The van der Waals surface area contributed by atoms with Gasteiger partial charge in [-0.25, -0.2) is 4.79 Å². The fourth-order valence-electron chi connectivity index (χ4n) is 0.692. The highest BCUT2D eigenvalue weighted by molar-refractivity contribution is 6.07. The Morgan fingerprint density at radius 2 is 1.67 bits per heavy atom. The quantitative estimate of drug-likeness (QED) is 0.457. The van der Waals surface area contributed by atoms with Crippen molar-refractivity contribution in [3.05, 3.63) is 12.2 Å². The van der Waals surface area contributed by atoms with E-state index in [9.17, 15) is 14.4 Å². The van der Waals surface area contributed by atoms with Crippen molar-refractivity contribution >= 4 is 17.7 Å². The van der Waals surface area contributed by atoms with Crippen molar-refractivity contribution in [2.75, 3.05) is 0 Å². The lowest BCUT2D eigenvalue weighted by Crippen LogP contribution is -2.26. The van der Waals surface area contributed by atoms with E-state index in [1.165, 1.54) is 0 Å². The number of aliphatic carboxylic acids is 2. The van der Waals surface area contributed by atoms with Gasteiger partial charge in [-0.05, 0) is 6.92 Å². The van der Waals surface area contributed by atoms with Crippen LogP contribution in [0.2, 0.25) is 0 Å². The van der Waals surface area contributed by atoms with E-state index in [1.807, 2.05) is 0 Å². The third-order valence-electron chi connectivity index (χ3n) is 1.28. The molecule has 1 unspecified atom stereocenters. The van der Waals surface area contributed by atoms with Crippen molar-refractivity contribution in [3.63, 3.8) is 0 Å². The van der Waals surface area contributed by atoms with Crippen molar-refractivity contribution in [2.24, 2.45) is 5.92 Å². The van der Waals surface area contributed by atoms with Gasteiger partial charge in [-0.15, -0.1) is 0 Å². The van der Waals surface area contributed by atoms with Gasteiger partial charge in [0.05, 0.1) is 5.57 Å². The predicted octanol–water partition coefficient (Wildman–Crippen LogP) is -0.0830. The highest BCUT2D eigenvalue weighted by Gasteiger charge is 2.29. The number of hydrogen-bond donors (Lipinski definition) is 2. The summed E-state index contributed by atoms with van der Waals surface area (Å²) in [6.07, 6.45) is 0. The minimum Gasteiger partial charge on any atom is -0.480 e. The number of ketones is 1. The zero-order valence-electron chi connectivity index (χ0n) is 6.40. The van der Waals surface area contributed by atoms with Gasteiger partial charge in [-0.2, -0.15) is 0 Å². The van der Waals surface area contributed by atoms with Crippen LogP contribution in [0, 0.1) is 5.92 Å². The van der Waals surface area contributed by atoms with Crippen molar-refractivity contribution in [3.8, 4) is 0 Å². The molecule has 0 saturated heterocycles. The second-order valence-corrected chi connectivity index (χ2v) is 2.21. The van der Waals surface area contributed by atoms with E-state index in [0.717, 1.165) is 6.92 Å². The summed E-state index contributed by atoms with van der Waals surface area (Å²) in [4.78, 5) is 31.2. The normalized spacial score (nSPS) is 11.8. The molecule has 0 amide bonds. The van der Waals surface area contributed by atoms with Crippen LogP contribution in [0.3, 0.4) is 0 Å². The van der Waals surface area contributed by atoms with Crippen LogP contribution >= 0.6 is 0 Å². The number of carboxylic acids is 2. The molecular formula is C7H8O5. The van der Waals surface area contributed by atoms with E-state index < -0.39 is 29.2 Å². The van der Waals surface area contributed by atoms with Crippen LogP contribution in [0.5, 0.6) is 0 Å². The molecule has 0 aliphatic rings. The van der Waals surface area contributed by atoms with Crippen LogP contribution in [-0.2, 0) is 14.4 Å². The number of carbonyl (C=O) groups excluding carboxylic acids is 1. The molecule has 0 spiro atoms. The Kier molecular flexibility index (Phi) is 3.15. The van der Waals surface area contributed by atoms with E-state index in [2.05, 4.69) is 6.58 Å². The maximum Gasteiger partial charge on any atom is 0.332 e. The zero-order chi connectivity index (χ0) is 9.89. The van der Waals surface area contributed by atoms with Crippen molar-refractivity contribution in [1.82, 2.24) is 0 Å². The summed E-state index contributed by atoms with van der Waals surface area (Å²) in [6, 6.07) is 0. The molecule has 0 heterocycles. The van der Waals surface area contributed by atoms with Crippen molar-refractivity contribution in [2.45, 2.75) is 6.92 Å². The Labute approximate surface area is 68.3 Å². The molecule has 0 radical (unpaired) electrons. The molecule has 0 rings (SSSR count). The molecule has 0 saturated carbocycles. The number of hydrogen-bond acceptors (Lipinski definition) is 3. The summed E-state index contributed by atoms with van der Waals surface area (Å²) in [5.74, 6) is -5.34. The summed E-state index contributed by atoms with van der Waals surface area (Å²) in [5, 5.41) is 16.8. The van der Waals surface area contributed by atoms with Crippen LogP contribution < -0.4 is 0 Å². The third kappa shape index (κ3) is 2.19. The largest absolute Gasteiger partial charge is 0.480 e. The lowest BCUT2D eigenvalue weighted by molar-refractivity contribution is -0.147. The lowest BCUT2D eigenvalue weighted by atomic mass is 9.97. The molecule has 0 aliphatic carbocycles. The minimum absolute atomic E-state index is 0.616. The summed E-state index contributed by atoms with van der Waals surface area (Å²) < 4.78 is 0. The van der Waals surface area contributed by atoms with Gasteiger partial charge >= 0.3 is 11.9 Å². The maximum atomic E-state index is 10.6. The van der Waals surface area contributed by atoms with Gasteiger partial charge in [0.25, 0.3) is 0 Å². The van der Waals surface area contributed by atoms with Gasteiger partial charge in [0.2, 0.25) is 0 Å². The topological polar surface area (TPSA) is 91.7 Å². The molecule has 66 valence electrons. The van der Waals surface area contributed by atoms with Gasteiger partial charge in [0.1, 0.15) is 11.7 Å². The van der Waals surface area contributed by atoms with Crippen LogP contribution in [0.1, 0.15) is 6.92 Å². The second kappa shape index (κ2) is 3.66. The summed E-state index contributed by atoms with van der Waals surface area (Å²) in [5.41, 5.74) is -0.616. The SMILES string of the molecule is C=C(C(=O)O)C(C(C)=O)C(=O)O. The zero-order valence-corrected chi connectivity index (χ0v) is 6.40. The standard InChI is InChI=1S/C7H8O5/c1-3(6(9)10)5(4(2)8)7(11)12/h5H,1H2,2H3,(H,9,10)(H,11,12). The molecule has 12 heavy (non-hydrogen) atoms. The first-order chi connectivity index (χ1) is 5.37.